The van der Waals surface area contributed by atoms with Crippen LogP contribution in [0, 0.1) is 17.5 Å². The highest BCUT2D eigenvalue weighted by Gasteiger charge is 2.31. The van der Waals surface area contributed by atoms with Gasteiger partial charge in [0.1, 0.15) is 0 Å². The van der Waals surface area contributed by atoms with Gasteiger partial charge in [0.15, 0.2) is 23.1 Å². The van der Waals surface area contributed by atoms with Crippen molar-refractivity contribution in [3.63, 3.8) is 0 Å². The van der Waals surface area contributed by atoms with Gasteiger partial charge in [0.25, 0.3) is 0 Å². The summed E-state index contributed by atoms with van der Waals surface area (Å²) < 4.78 is 55.8. The van der Waals surface area contributed by atoms with Crippen molar-refractivity contribution in [2.24, 2.45) is 0 Å². The second kappa shape index (κ2) is 8.39. The SMILES string of the molecule is CCCc1cc2c(c(F)c1F)Oc1c(ccc(C3CCC(CCC)OC3)c1F)C2. The molecule has 29 heavy (non-hydrogen) atoms. The second-order valence-electron chi connectivity index (χ2n) is 8.16. The van der Waals surface area contributed by atoms with Crippen LogP contribution in [0.2, 0.25) is 0 Å². The van der Waals surface area contributed by atoms with Crippen LogP contribution in [0.4, 0.5) is 13.2 Å². The van der Waals surface area contributed by atoms with Crippen LogP contribution in [-0.4, -0.2) is 12.7 Å². The summed E-state index contributed by atoms with van der Waals surface area (Å²) in [5.74, 6) is -2.61. The van der Waals surface area contributed by atoms with E-state index < -0.39 is 17.5 Å². The molecule has 0 saturated carbocycles. The van der Waals surface area contributed by atoms with Gasteiger partial charge in [0, 0.05) is 23.5 Å². The zero-order chi connectivity index (χ0) is 20.5. The van der Waals surface area contributed by atoms with Gasteiger partial charge >= 0.3 is 0 Å². The van der Waals surface area contributed by atoms with Gasteiger partial charge in [-0.15, -0.1) is 0 Å². The fraction of sp³-hybridized carbons (Fsp3) is 0.500. The number of benzene rings is 2. The van der Waals surface area contributed by atoms with Gasteiger partial charge in [-0.3, -0.25) is 0 Å². The number of hydrogen-bond donors (Lipinski definition) is 0. The first-order valence-electron chi connectivity index (χ1n) is 10.6. The third-order valence-electron chi connectivity index (χ3n) is 6.05. The summed E-state index contributed by atoms with van der Waals surface area (Å²) in [6, 6.07) is 5.29. The van der Waals surface area contributed by atoms with Gasteiger partial charge in [0.2, 0.25) is 5.82 Å². The molecule has 1 fully saturated rings. The molecule has 156 valence electrons. The standard InChI is InChI=1S/C24H27F3O2/c1-3-5-14-11-17-12-15-8-10-19(16-7-9-18(6-4-2)28-13-16)21(26)23(15)29-24(17)22(27)20(14)25/h8,10-11,16,18H,3-7,9,12-13H2,1-2H3. The first-order valence-corrected chi connectivity index (χ1v) is 10.6. The minimum atomic E-state index is -1.02. The monoisotopic (exact) mass is 404 g/mol. The van der Waals surface area contributed by atoms with E-state index in [0.717, 1.165) is 25.7 Å². The number of fused-ring (bicyclic) bond motifs is 2. The van der Waals surface area contributed by atoms with Crippen LogP contribution in [0.25, 0.3) is 0 Å². The summed E-state index contributed by atoms with van der Waals surface area (Å²) in [4.78, 5) is 0. The van der Waals surface area contributed by atoms with Gasteiger partial charge in [-0.25, -0.2) is 8.78 Å². The number of halogens is 3. The van der Waals surface area contributed by atoms with Gasteiger partial charge in [0.05, 0.1) is 12.7 Å². The summed E-state index contributed by atoms with van der Waals surface area (Å²) in [5.41, 5.74) is 2.10. The molecule has 5 heteroatoms. The maximum Gasteiger partial charge on any atom is 0.201 e. The van der Waals surface area contributed by atoms with Crippen molar-refractivity contribution in [2.45, 2.75) is 70.8 Å². The predicted molar refractivity (Wildman–Crippen MR) is 106 cm³/mol. The highest BCUT2D eigenvalue weighted by Crippen LogP contribution is 2.44. The quantitative estimate of drug-likeness (QED) is 0.465. The molecule has 2 aliphatic rings. The summed E-state index contributed by atoms with van der Waals surface area (Å²) in [6.45, 7) is 4.51. The maximum absolute atomic E-state index is 15.3. The van der Waals surface area contributed by atoms with Crippen molar-refractivity contribution in [2.75, 3.05) is 6.61 Å². The number of hydrogen-bond acceptors (Lipinski definition) is 2. The van der Waals surface area contributed by atoms with Crippen LogP contribution >= 0.6 is 0 Å². The minimum Gasteiger partial charge on any atom is -0.450 e. The fourth-order valence-corrected chi connectivity index (χ4v) is 4.50. The van der Waals surface area contributed by atoms with Crippen LogP contribution in [0.5, 0.6) is 11.5 Å². The zero-order valence-electron chi connectivity index (χ0n) is 17.0. The van der Waals surface area contributed by atoms with E-state index in [2.05, 4.69) is 6.92 Å². The van der Waals surface area contributed by atoms with Crippen LogP contribution in [0.3, 0.4) is 0 Å². The molecule has 0 aromatic heterocycles. The molecule has 2 unspecified atom stereocenters. The van der Waals surface area contributed by atoms with Crippen LogP contribution in [0.15, 0.2) is 18.2 Å². The van der Waals surface area contributed by atoms with Crippen LogP contribution in [0.1, 0.15) is 74.1 Å². The van der Waals surface area contributed by atoms with E-state index in [0.29, 0.717) is 48.1 Å². The second-order valence-corrected chi connectivity index (χ2v) is 8.16. The zero-order valence-corrected chi connectivity index (χ0v) is 17.0. The average Bonchev–Trinajstić information content (AvgIpc) is 2.72. The molecular weight excluding hydrogens is 377 g/mol. The Kier molecular flexibility index (Phi) is 5.86. The lowest BCUT2D eigenvalue weighted by Gasteiger charge is -2.30. The molecule has 0 amide bonds. The highest BCUT2D eigenvalue weighted by molar-refractivity contribution is 5.54. The van der Waals surface area contributed by atoms with E-state index in [4.69, 9.17) is 9.47 Å². The third kappa shape index (κ3) is 3.77. The molecule has 2 heterocycles. The molecule has 0 N–H and O–H groups in total. The minimum absolute atomic E-state index is 0.0206. The molecule has 2 atom stereocenters. The van der Waals surface area contributed by atoms with E-state index in [1.165, 1.54) is 0 Å². The Balaban J connectivity index is 1.62. The molecule has 1 saturated heterocycles. The largest absolute Gasteiger partial charge is 0.450 e. The lowest BCUT2D eigenvalue weighted by Crippen LogP contribution is -2.25. The van der Waals surface area contributed by atoms with Gasteiger partial charge < -0.3 is 9.47 Å². The highest BCUT2D eigenvalue weighted by atomic mass is 19.2. The Morgan fingerprint density at radius 1 is 0.931 bits per heavy atom. The van der Waals surface area contributed by atoms with Crippen molar-refractivity contribution in [1.82, 2.24) is 0 Å². The third-order valence-corrected chi connectivity index (χ3v) is 6.05. The van der Waals surface area contributed by atoms with E-state index in [1.807, 2.05) is 13.0 Å². The van der Waals surface area contributed by atoms with Crippen molar-refractivity contribution in [3.05, 3.63) is 57.9 Å². The van der Waals surface area contributed by atoms with Crippen molar-refractivity contribution >= 4 is 0 Å². The van der Waals surface area contributed by atoms with Gasteiger partial charge in [-0.05, 0) is 42.9 Å². The summed E-state index contributed by atoms with van der Waals surface area (Å²) in [5, 5.41) is 0. The summed E-state index contributed by atoms with van der Waals surface area (Å²) in [7, 11) is 0. The lowest BCUT2D eigenvalue weighted by molar-refractivity contribution is -0.00178. The molecule has 2 aliphatic heterocycles. The van der Waals surface area contributed by atoms with Crippen molar-refractivity contribution < 1.29 is 22.6 Å². The smallest absolute Gasteiger partial charge is 0.201 e. The molecule has 0 radical (unpaired) electrons. The number of rotatable bonds is 5. The number of ether oxygens (including phenoxy) is 2. The Hall–Kier alpha value is -2.01. The van der Waals surface area contributed by atoms with Crippen LogP contribution < -0.4 is 4.74 Å². The summed E-state index contributed by atoms with van der Waals surface area (Å²) >= 11 is 0. The molecule has 0 spiro atoms. The average molecular weight is 404 g/mol. The molecule has 0 bridgehead atoms. The van der Waals surface area contributed by atoms with E-state index in [1.54, 1.807) is 12.1 Å². The Bertz CT molecular complexity index is 902. The fourth-order valence-electron chi connectivity index (χ4n) is 4.50. The Morgan fingerprint density at radius 2 is 1.72 bits per heavy atom. The molecule has 4 rings (SSSR count). The molecule has 0 aliphatic carbocycles. The summed E-state index contributed by atoms with van der Waals surface area (Å²) in [6.07, 6.45) is 5.58. The molecular formula is C24H27F3O2. The maximum atomic E-state index is 15.3. The predicted octanol–water partition coefficient (Wildman–Crippen LogP) is 6.82. The van der Waals surface area contributed by atoms with Gasteiger partial charge in [-0.2, -0.15) is 4.39 Å². The molecule has 2 aromatic carbocycles. The van der Waals surface area contributed by atoms with Crippen molar-refractivity contribution in [3.8, 4) is 11.5 Å². The normalized spacial score (nSPS) is 20.7. The first kappa shape index (κ1) is 20.3. The van der Waals surface area contributed by atoms with Crippen LogP contribution in [-0.2, 0) is 17.6 Å². The van der Waals surface area contributed by atoms with Crippen molar-refractivity contribution in [1.29, 1.82) is 0 Å². The Morgan fingerprint density at radius 3 is 2.41 bits per heavy atom. The number of aryl methyl sites for hydroxylation is 1. The molecule has 2 aromatic rings. The van der Waals surface area contributed by atoms with Gasteiger partial charge in [-0.1, -0.05) is 38.8 Å². The first-order chi connectivity index (χ1) is 14.0. The molecule has 2 nitrogen and oxygen atoms in total. The Labute approximate surface area is 170 Å². The van der Waals surface area contributed by atoms with E-state index >= 15 is 4.39 Å². The van der Waals surface area contributed by atoms with E-state index in [-0.39, 0.29) is 23.5 Å². The topological polar surface area (TPSA) is 18.5 Å². The van der Waals surface area contributed by atoms with E-state index in [9.17, 15) is 8.78 Å². The lowest BCUT2D eigenvalue weighted by atomic mass is 9.88.